The SMILES string of the molecule is Cc1cc(C)c(CC(NN)c2cnsn2)c(C)c1. The highest BCUT2D eigenvalue weighted by molar-refractivity contribution is 6.99. The second-order valence-electron chi connectivity index (χ2n) is 4.63. The second-order valence-corrected chi connectivity index (χ2v) is 5.19. The van der Waals surface area contributed by atoms with E-state index in [0.29, 0.717) is 0 Å². The van der Waals surface area contributed by atoms with Gasteiger partial charge in [-0.05, 0) is 43.9 Å². The summed E-state index contributed by atoms with van der Waals surface area (Å²) in [6, 6.07) is 4.42. The molecule has 4 nitrogen and oxygen atoms in total. The zero-order valence-electron chi connectivity index (χ0n) is 10.9. The summed E-state index contributed by atoms with van der Waals surface area (Å²) in [4.78, 5) is 0. The third-order valence-electron chi connectivity index (χ3n) is 3.19. The molecule has 1 unspecified atom stereocenters. The van der Waals surface area contributed by atoms with Gasteiger partial charge < -0.3 is 0 Å². The van der Waals surface area contributed by atoms with Crippen molar-refractivity contribution < 1.29 is 0 Å². The minimum Gasteiger partial charge on any atom is -0.271 e. The lowest BCUT2D eigenvalue weighted by atomic mass is 9.94. The summed E-state index contributed by atoms with van der Waals surface area (Å²) in [5.74, 6) is 5.63. The predicted molar refractivity (Wildman–Crippen MR) is 74.3 cm³/mol. The van der Waals surface area contributed by atoms with Crippen LogP contribution >= 0.6 is 11.7 Å². The van der Waals surface area contributed by atoms with Crippen LogP contribution in [0.3, 0.4) is 0 Å². The lowest BCUT2D eigenvalue weighted by molar-refractivity contribution is 0.540. The van der Waals surface area contributed by atoms with Gasteiger partial charge in [0.25, 0.3) is 0 Å². The first kappa shape index (κ1) is 13.1. The van der Waals surface area contributed by atoms with Crippen molar-refractivity contribution in [3.05, 3.63) is 46.3 Å². The fourth-order valence-corrected chi connectivity index (χ4v) is 2.78. The molecule has 2 aromatic rings. The highest BCUT2D eigenvalue weighted by Crippen LogP contribution is 2.23. The Bertz CT molecular complexity index is 499. The van der Waals surface area contributed by atoms with Crippen LogP contribution in [0.2, 0.25) is 0 Å². The molecule has 96 valence electrons. The van der Waals surface area contributed by atoms with Gasteiger partial charge in [-0.2, -0.15) is 8.75 Å². The van der Waals surface area contributed by atoms with E-state index < -0.39 is 0 Å². The molecule has 0 saturated carbocycles. The largest absolute Gasteiger partial charge is 0.271 e. The van der Waals surface area contributed by atoms with Gasteiger partial charge in [0.15, 0.2) is 0 Å². The first-order valence-corrected chi connectivity index (χ1v) is 6.65. The summed E-state index contributed by atoms with van der Waals surface area (Å²) in [6.45, 7) is 6.40. The topological polar surface area (TPSA) is 63.8 Å². The smallest absolute Gasteiger partial charge is 0.0929 e. The summed E-state index contributed by atoms with van der Waals surface area (Å²) in [7, 11) is 0. The molecule has 0 aliphatic rings. The highest BCUT2D eigenvalue weighted by Gasteiger charge is 2.16. The molecule has 0 fully saturated rings. The van der Waals surface area contributed by atoms with E-state index in [1.807, 2.05) is 0 Å². The Morgan fingerprint density at radius 2 is 1.94 bits per heavy atom. The molecule has 0 bridgehead atoms. The molecule has 3 N–H and O–H groups in total. The van der Waals surface area contributed by atoms with Gasteiger partial charge in [-0.15, -0.1) is 0 Å². The van der Waals surface area contributed by atoms with Crippen LogP contribution in [0.1, 0.15) is 34.0 Å². The average Bonchev–Trinajstić information content (AvgIpc) is 2.81. The van der Waals surface area contributed by atoms with Crippen molar-refractivity contribution in [2.75, 3.05) is 0 Å². The van der Waals surface area contributed by atoms with Crippen molar-refractivity contribution in [3.63, 3.8) is 0 Å². The van der Waals surface area contributed by atoms with Crippen LogP contribution in [0.25, 0.3) is 0 Å². The van der Waals surface area contributed by atoms with Crippen LogP contribution in [-0.4, -0.2) is 8.75 Å². The second kappa shape index (κ2) is 5.56. The Labute approximate surface area is 112 Å². The monoisotopic (exact) mass is 262 g/mol. The first-order chi connectivity index (χ1) is 8.61. The van der Waals surface area contributed by atoms with E-state index in [1.54, 1.807) is 6.20 Å². The normalized spacial score (nSPS) is 12.7. The number of hydrogen-bond donors (Lipinski definition) is 2. The summed E-state index contributed by atoms with van der Waals surface area (Å²) >= 11 is 1.21. The maximum atomic E-state index is 5.63. The van der Waals surface area contributed by atoms with Gasteiger partial charge in [-0.25, -0.2) is 0 Å². The molecule has 0 aliphatic heterocycles. The molecule has 1 aromatic heterocycles. The highest BCUT2D eigenvalue weighted by atomic mass is 32.1. The van der Waals surface area contributed by atoms with E-state index >= 15 is 0 Å². The molecular formula is C13H18N4S. The zero-order chi connectivity index (χ0) is 13.1. The first-order valence-electron chi connectivity index (χ1n) is 5.92. The fraction of sp³-hybridized carbons (Fsp3) is 0.385. The molecule has 0 spiro atoms. The number of aromatic nitrogens is 2. The van der Waals surface area contributed by atoms with Crippen molar-refractivity contribution in [2.45, 2.75) is 33.2 Å². The van der Waals surface area contributed by atoms with Crippen molar-refractivity contribution in [1.82, 2.24) is 14.2 Å². The maximum Gasteiger partial charge on any atom is 0.0929 e. The van der Waals surface area contributed by atoms with E-state index in [4.69, 9.17) is 5.84 Å². The van der Waals surface area contributed by atoms with Crippen LogP contribution < -0.4 is 11.3 Å². The Morgan fingerprint density at radius 1 is 1.28 bits per heavy atom. The van der Waals surface area contributed by atoms with Crippen molar-refractivity contribution in [3.8, 4) is 0 Å². The van der Waals surface area contributed by atoms with Gasteiger partial charge in [0, 0.05) is 0 Å². The van der Waals surface area contributed by atoms with Crippen molar-refractivity contribution >= 4 is 11.7 Å². The van der Waals surface area contributed by atoms with Gasteiger partial charge in [0.2, 0.25) is 0 Å². The van der Waals surface area contributed by atoms with Crippen LogP contribution in [0.5, 0.6) is 0 Å². The molecule has 0 saturated heterocycles. The molecule has 0 radical (unpaired) electrons. The van der Waals surface area contributed by atoms with Gasteiger partial charge in [0.05, 0.1) is 29.7 Å². The third-order valence-corrected chi connectivity index (χ3v) is 3.68. The minimum absolute atomic E-state index is 0.0175. The van der Waals surface area contributed by atoms with Crippen LogP contribution in [0.4, 0.5) is 0 Å². The summed E-state index contributed by atoms with van der Waals surface area (Å²) in [5, 5.41) is 0. The number of hydrazine groups is 1. The Hall–Kier alpha value is -1.30. The van der Waals surface area contributed by atoms with Gasteiger partial charge >= 0.3 is 0 Å². The molecule has 1 atom stereocenters. The number of nitrogens with two attached hydrogens (primary N) is 1. The van der Waals surface area contributed by atoms with Gasteiger partial charge in [0.1, 0.15) is 0 Å². The lowest BCUT2D eigenvalue weighted by Gasteiger charge is -2.17. The van der Waals surface area contributed by atoms with Crippen molar-refractivity contribution in [2.24, 2.45) is 5.84 Å². The standard InChI is InChI=1S/C13H18N4S/c1-8-4-9(2)11(10(3)5-8)6-12(16-14)13-7-15-18-17-13/h4-5,7,12,16H,6,14H2,1-3H3. The molecular weight excluding hydrogens is 244 g/mol. The van der Waals surface area contributed by atoms with Crippen LogP contribution in [-0.2, 0) is 6.42 Å². The zero-order valence-corrected chi connectivity index (χ0v) is 11.7. The quantitative estimate of drug-likeness (QED) is 0.655. The molecule has 2 rings (SSSR count). The number of aryl methyl sites for hydroxylation is 3. The Kier molecular flexibility index (Phi) is 4.06. The Morgan fingerprint density at radius 3 is 2.44 bits per heavy atom. The summed E-state index contributed by atoms with van der Waals surface area (Å²) in [6.07, 6.45) is 2.61. The predicted octanol–water partition coefficient (Wildman–Crippen LogP) is 2.21. The van der Waals surface area contributed by atoms with Crippen LogP contribution in [0.15, 0.2) is 18.3 Å². The van der Waals surface area contributed by atoms with E-state index in [1.165, 1.54) is 34.0 Å². The number of benzene rings is 1. The number of nitrogens with one attached hydrogen (secondary N) is 1. The summed E-state index contributed by atoms with van der Waals surface area (Å²) in [5.41, 5.74) is 8.96. The number of hydrogen-bond acceptors (Lipinski definition) is 5. The van der Waals surface area contributed by atoms with Gasteiger partial charge in [-0.3, -0.25) is 11.3 Å². The third kappa shape index (κ3) is 2.75. The minimum atomic E-state index is 0.0175. The van der Waals surface area contributed by atoms with E-state index in [9.17, 15) is 0 Å². The molecule has 18 heavy (non-hydrogen) atoms. The molecule has 0 aliphatic carbocycles. The van der Waals surface area contributed by atoms with Crippen LogP contribution in [0, 0.1) is 20.8 Å². The van der Waals surface area contributed by atoms with Crippen molar-refractivity contribution in [1.29, 1.82) is 0 Å². The lowest BCUT2D eigenvalue weighted by Crippen LogP contribution is -2.30. The van der Waals surface area contributed by atoms with E-state index in [-0.39, 0.29) is 6.04 Å². The van der Waals surface area contributed by atoms with Gasteiger partial charge in [-0.1, -0.05) is 17.7 Å². The Balaban J connectivity index is 2.28. The molecule has 5 heteroatoms. The maximum absolute atomic E-state index is 5.63. The number of nitrogens with zero attached hydrogens (tertiary/aromatic N) is 2. The molecule has 0 amide bonds. The number of rotatable bonds is 4. The summed E-state index contributed by atoms with van der Waals surface area (Å²) < 4.78 is 8.28. The molecule has 1 heterocycles. The van der Waals surface area contributed by atoms with E-state index in [2.05, 4.69) is 47.1 Å². The fourth-order valence-electron chi connectivity index (χ4n) is 2.31. The molecule has 1 aromatic carbocycles. The van der Waals surface area contributed by atoms with E-state index in [0.717, 1.165) is 12.1 Å². The average molecular weight is 262 g/mol.